The number of hydrogen-bond donors (Lipinski definition) is 1. The van der Waals surface area contributed by atoms with Crippen LogP contribution in [-0.4, -0.2) is 43.3 Å². The molecule has 7 heteroatoms. The van der Waals surface area contributed by atoms with Crippen molar-refractivity contribution in [2.24, 2.45) is 0 Å². The summed E-state index contributed by atoms with van der Waals surface area (Å²) >= 11 is 1.55. The summed E-state index contributed by atoms with van der Waals surface area (Å²) in [6, 6.07) is 3.87. The van der Waals surface area contributed by atoms with Crippen molar-refractivity contribution in [3.8, 4) is 0 Å². The lowest BCUT2D eigenvalue weighted by Crippen LogP contribution is -2.45. The fraction of sp³-hybridized carbons (Fsp3) is 0.583. The van der Waals surface area contributed by atoms with Crippen LogP contribution in [0.3, 0.4) is 0 Å². The van der Waals surface area contributed by atoms with Gasteiger partial charge in [-0.15, -0.1) is 11.3 Å². The fourth-order valence-corrected chi connectivity index (χ4v) is 3.13. The first-order chi connectivity index (χ1) is 8.72. The number of carbonyl (C=O) groups is 1. The quantitative estimate of drug-likeness (QED) is 0.901. The molecule has 0 spiro atoms. The molecule has 0 bridgehead atoms. The van der Waals surface area contributed by atoms with Crippen molar-refractivity contribution in [3.05, 3.63) is 22.4 Å². The van der Waals surface area contributed by atoms with Crippen LogP contribution in [0.1, 0.15) is 24.9 Å². The Morgan fingerprint density at radius 1 is 1.53 bits per heavy atom. The molecule has 1 aromatic heterocycles. The second-order valence-electron chi connectivity index (χ2n) is 5.35. The Kier molecular flexibility index (Phi) is 3.72. The fourth-order valence-electron chi connectivity index (χ4n) is 1.95. The van der Waals surface area contributed by atoms with E-state index in [4.69, 9.17) is 0 Å². The molecule has 5 nitrogen and oxygen atoms in total. The van der Waals surface area contributed by atoms with Crippen LogP contribution in [0.5, 0.6) is 0 Å². The van der Waals surface area contributed by atoms with Crippen LogP contribution in [0.25, 0.3) is 0 Å². The molecule has 1 atom stereocenters. The van der Waals surface area contributed by atoms with E-state index in [0.29, 0.717) is 0 Å². The molecule has 1 aliphatic rings. The summed E-state index contributed by atoms with van der Waals surface area (Å²) in [5.41, 5.74) is 0. The zero-order valence-electron chi connectivity index (χ0n) is 11.2. The number of thiophene rings is 1. The van der Waals surface area contributed by atoms with Gasteiger partial charge in [-0.1, -0.05) is 6.07 Å². The van der Waals surface area contributed by atoms with E-state index in [9.17, 15) is 13.2 Å². The second kappa shape index (κ2) is 4.88. The van der Waals surface area contributed by atoms with Gasteiger partial charge in [0.1, 0.15) is 6.17 Å². The van der Waals surface area contributed by atoms with Crippen molar-refractivity contribution in [2.45, 2.75) is 24.8 Å². The molecule has 2 rings (SSSR count). The highest BCUT2D eigenvalue weighted by atomic mass is 32.2. The highest BCUT2D eigenvalue weighted by Crippen LogP contribution is 2.29. The predicted molar refractivity (Wildman–Crippen MR) is 75.7 cm³/mol. The third-order valence-electron chi connectivity index (χ3n) is 3.45. The number of rotatable bonds is 4. The summed E-state index contributed by atoms with van der Waals surface area (Å²) in [5.74, 6) is -0.0601. The van der Waals surface area contributed by atoms with Gasteiger partial charge in [-0.2, -0.15) is 0 Å². The molecule has 19 heavy (non-hydrogen) atoms. The Labute approximate surface area is 117 Å². The van der Waals surface area contributed by atoms with Crippen molar-refractivity contribution in [2.75, 3.05) is 19.3 Å². The number of nitrogens with zero attached hydrogens (tertiary/aromatic N) is 1. The molecular weight excluding hydrogens is 284 g/mol. The highest BCUT2D eigenvalue weighted by Gasteiger charge is 2.40. The molecule has 1 fully saturated rings. The maximum atomic E-state index is 12.0. The summed E-state index contributed by atoms with van der Waals surface area (Å²) in [5, 5.41) is 5.07. The van der Waals surface area contributed by atoms with Gasteiger partial charge in [0.05, 0.1) is 11.3 Å². The van der Waals surface area contributed by atoms with Crippen LogP contribution in [0, 0.1) is 0 Å². The van der Waals surface area contributed by atoms with Crippen LogP contribution >= 0.6 is 11.3 Å². The summed E-state index contributed by atoms with van der Waals surface area (Å²) < 4.78 is 22.6. The maximum Gasteiger partial charge on any atom is 0.238 e. The molecule has 106 valence electrons. The number of amides is 1. The van der Waals surface area contributed by atoms with Gasteiger partial charge in [-0.05, 0) is 25.3 Å². The first-order valence-electron chi connectivity index (χ1n) is 5.98. The largest absolute Gasteiger partial charge is 0.319 e. The van der Waals surface area contributed by atoms with Crippen LogP contribution in [-0.2, 0) is 14.6 Å². The standard InChI is InChI=1S/C12H18N2O3S2/c1-12(2,19(3,16)17)8-14-10(15)7-13-11(14)9-5-4-6-18-9/h4-6,11,13H,7-8H2,1-3H3. The molecule has 0 aromatic carbocycles. The van der Waals surface area contributed by atoms with Gasteiger partial charge in [0.15, 0.2) is 9.84 Å². The topological polar surface area (TPSA) is 66.5 Å². The van der Waals surface area contributed by atoms with E-state index in [-0.39, 0.29) is 25.2 Å². The third kappa shape index (κ3) is 2.82. The molecule has 1 aliphatic heterocycles. The van der Waals surface area contributed by atoms with Crippen LogP contribution in [0.15, 0.2) is 17.5 Å². The SMILES string of the molecule is CC(C)(CN1C(=O)CNC1c1cccs1)S(C)(=O)=O. The van der Waals surface area contributed by atoms with Gasteiger partial charge < -0.3 is 4.90 Å². The average Bonchev–Trinajstić information content (AvgIpc) is 2.88. The minimum absolute atomic E-state index is 0.0601. The Bertz CT molecular complexity index is 564. The second-order valence-corrected chi connectivity index (χ2v) is 8.98. The molecule has 1 saturated heterocycles. The molecule has 0 radical (unpaired) electrons. The first-order valence-corrected chi connectivity index (χ1v) is 8.75. The van der Waals surface area contributed by atoms with E-state index in [1.54, 1.807) is 30.1 Å². The van der Waals surface area contributed by atoms with E-state index in [0.717, 1.165) is 4.88 Å². The highest BCUT2D eigenvalue weighted by molar-refractivity contribution is 7.92. The number of hydrogen-bond acceptors (Lipinski definition) is 5. The Balaban J connectivity index is 2.24. The number of sulfone groups is 1. The van der Waals surface area contributed by atoms with Gasteiger partial charge in [-0.25, -0.2) is 8.42 Å². The van der Waals surface area contributed by atoms with Crippen molar-refractivity contribution < 1.29 is 13.2 Å². The van der Waals surface area contributed by atoms with Crippen molar-refractivity contribution >= 4 is 27.1 Å². The lowest BCUT2D eigenvalue weighted by Gasteiger charge is -2.31. The van der Waals surface area contributed by atoms with Crippen molar-refractivity contribution in [1.82, 2.24) is 10.2 Å². The molecule has 1 unspecified atom stereocenters. The van der Waals surface area contributed by atoms with Crippen molar-refractivity contribution in [3.63, 3.8) is 0 Å². The first kappa shape index (κ1) is 14.5. The van der Waals surface area contributed by atoms with Crippen LogP contribution in [0.2, 0.25) is 0 Å². The average molecular weight is 302 g/mol. The minimum Gasteiger partial charge on any atom is -0.319 e. The van der Waals surface area contributed by atoms with Crippen molar-refractivity contribution in [1.29, 1.82) is 0 Å². The molecule has 2 heterocycles. The maximum absolute atomic E-state index is 12.0. The zero-order chi connectivity index (χ0) is 14.3. The Hall–Kier alpha value is -0.920. The lowest BCUT2D eigenvalue weighted by atomic mass is 10.2. The van der Waals surface area contributed by atoms with E-state index in [2.05, 4.69) is 5.32 Å². The summed E-state index contributed by atoms with van der Waals surface area (Å²) in [4.78, 5) is 14.6. The summed E-state index contributed by atoms with van der Waals surface area (Å²) in [7, 11) is -3.22. The van der Waals surface area contributed by atoms with Gasteiger partial charge in [0.25, 0.3) is 0 Å². The van der Waals surface area contributed by atoms with Gasteiger partial charge >= 0.3 is 0 Å². The molecule has 0 saturated carbocycles. The van der Waals surface area contributed by atoms with Crippen LogP contribution < -0.4 is 5.32 Å². The molecule has 1 N–H and O–H groups in total. The zero-order valence-corrected chi connectivity index (χ0v) is 12.8. The van der Waals surface area contributed by atoms with E-state index >= 15 is 0 Å². The Morgan fingerprint density at radius 3 is 2.74 bits per heavy atom. The Morgan fingerprint density at radius 2 is 2.21 bits per heavy atom. The summed E-state index contributed by atoms with van der Waals surface area (Å²) in [6.45, 7) is 3.75. The normalized spacial score (nSPS) is 21.1. The van der Waals surface area contributed by atoms with Gasteiger partial charge in [0, 0.05) is 17.7 Å². The number of carbonyl (C=O) groups excluding carboxylic acids is 1. The smallest absolute Gasteiger partial charge is 0.238 e. The lowest BCUT2D eigenvalue weighted by molar-refractivity contribution is -0.128. The summed E-state index contributed by atoms with van der Waals surface area (Å²) in [6.07, 6.45) is 0.995. The van der Waals surface area contributed by atoms with Crippen LogP contribution in [0.4, 0.5) is 0 Å². The van der Waals surface area contributed by atoms with Gasteiger partial charge in [-0.3, -0.25) is 10.1 Å². The minimum atomic E-state index is -3.22. The van der Waals surface area contributed by atoms with Gasteiger partial charge in [0.2, 0.25) is 5.91 Å². The number of nitrogens with one attached hydrogen (secondary N) is 1. The third-order valence-corrected chi connectivity index (χ3v) is 6.51. The monoisotopic (exact) mass is 302 g/mol. The predicted octanol–water partition coefficient (Wildman–Crippen LogP) is 1.00. The molecular formula is C12H18N2O3S2. The molecule has 1 amide bonds. The molecule has 0 aliphatic carbocycles. The van der Waals surface area contributed by atoms with E-state index in [1.807, 2.05) is 17.5 Å². The van der Waals surface area contributed by atoms with E-state index < -0.39 is 14.6 Å². The molecule has 1 aromatic rings. The van der Waals surface area contributed by atoms with E-state index in [1.165, 1.54) is 6.26 Å².